The first-order chi connectivity index (χ1) is 9.03. The summed E-state index contributed by atoms with van der Waals surface area (Å²) in [7, 11) is 0. The third kappa shape index (κ3) is 4.37. The number of aromatic amines is 2. The van der Waals surface area contributed by atoms with Crippen LogP contribution in [0.3, 0.4) is 0 Å². The lowest BCUT2D eigenvalue weighted by Crippen LogP contribution is -2.34. The van der Waals surface area contributed by atoms with E-state index in [9.17, 15) is 9.59 Å². The van der Waals surface area contributed by atoms with Crippen LogP contribution in [0.15, 0.2) is 15.8 Å². The molecule has 1 heterocycles. The van der Waals surface area contributed by atoms with Crippen molar-refractivity contribution in [2.24, 2.45) is 0 Å². The van der Waals surface area contributed by atoms with Crippen molar-refractivity contribution in [3.05, 3.63) is 32.6 Å². The quantitative estimate of drug-likeness (QED) is 0.710. The van der Waals surface area contributed by atoms with Crippen molar-refractivity contribution in [1.29, 1.82) is 0 Å². The molecule has 1 aromatic rings. The number of rotatable bonds is 8. The third-order valence-electron chi connectivity index (χ3n) is 3.85. The van der Waals surface area contributed by atoms with E-state index in [2.05, 4.69) is 30.7 Å². The van der Waals surface area contributed by atoms with Gasteiger partial charge in [-0.3, -0.25) is 9.78 Å². The first-order valence-corrected chi connectivity index (χ1v) is 7.36. The fraction of sp³-hybridized carbons (Fsp3) is 0.733. The van der Waals surface area contributed by atoms with Crippen LogP contribution < -0.4 is 11.2 Å². The van der Waals surface area contributed by atoms with Crippen LogP contribution in [0.2, 0.25) is 0 Å². The summed E-state index contributed by atoms with van der Waals surface area (Å²) in [5, 5.41) is 0. The number of aromatic nitrogens is 2. The highest BCUT2D eigenvalue weighted by molar-refractivity contribution is 5.17. The molecule has 108 valence electrons. The van der Waals surface area contributed by atoms with Crippen LogP contribution in [0, 0.1) is 0 Å². The molecule has 4 nitrogen and oxygen atoms in total. The fourth-order valence-corrected chi connectivity index (χ4v) is 2.75. The van der Waals surface area contributed by atoms with Gasteiger partial charge in [0, 0.05) is 11.8 Å². The van der Waals surface area contributed by atoms with Crippen molar-refractivity contribution >= 4 is 0 Å². The molecular formula is C15H26N2O2. The number of hydrogen-bond donors (Lipinski definition) is 2. The molecule has 0 amide bonds. The molecule has 0 bridgehead atoms. The van der Waals surface area contributed by atoms with E-state index in [-0.39, 0.29) is 11.0 Å². The summed E-state index contributed by atoms with van der Waals surface area (Å²) in [5.41, 5.74) is -0.0977. The molecule has 0 fully saturated rings. The monoisotopic (exact) mass is 266 g/mol. The molecular weight excluding hydrogens is 240 g/mol. The maximum atomic E-state index is 12.0. The van der Waals surface area contributed by atoms with E-state index >= 15 is 0 Å². The molecule has 2 N–H and O–H groups in total. The Morgan fingerprint density at radius 1 is 1.05 bits per heavy atom. The Balaban J connectivity index is 2.90. The minimum absolute atomic E-state index is 0.139. The molecule has 19 heavy (non-hydrogen) atoms. The zero-order chi connectivity index (χ0) is 14.3. The largest absolute Gasteiger partial charge is 0.325 e. The van der Waals surface area contributed by atoms with Gasteiger partial charge in [-0.1, -0.05) is 52.9 Å². The maximum Gasteiger partial charge on any atom is 0.325 e. The van der Waals surface area contributed by atoms with Crippen LogP contribution in [-0.4, -0.2) is 9.97 Å². The smallest absolute Gasteiger partial charge is 0.314 e. The topological polar surface area (TPSA) is 65.7 Å². The third-order valence-corrected chi connectivity index (χ3v) is 3.85. The summed E-state index contributed by atoms with van der Waals surface area (Å²) in [4.78, 5) is 28.0. The van der Waals surface area contributed by atoms with Gasteiger partial charge < -0.3 is 4.98 Å². The fourth-order valence-electron chi connectivity index (χ4n) is 2.75. The van der Waals surface area contributed by atoms with Gasteiger partial charge in [-0.05, 0) is 18.3 Å². The minimum Gasteiger partial charge on any atom is -0.314 e. The normalized spacial score (nSPS) is 14.3. The molecule has 0 saturated carbocycles. The SMILES string of the molecule is CCCCCCC(C)(CCC)c1c[nH]c(=O)[nH]c1=O. The van der Waals surface area contributed by atoms with Gasteiger partial charge in [0.25, 0.3) is 5.56 Å². The molecule has 1 atom stereocenters. The molecule has 1 aromatic heterocycles. The van der Waals surface area contributed by atoms with Crippen LogP contribution in [0.5, 0.6) is 0 Å². The second-order valence-corrected chi connectivity index (χ2v) is 5.61. The van der Waals surface area contributed by atoms with Crippen LogP contribution in [0.1, 0.15) is 71.3 Å². The van der Waals surface area contributed by atoms with Gasteiger partial charge in [-0.2, -0.15) is 0 Å². The molecule has 0 aromatic carbocycles. The molecule has 0 saturated heterocycles. The van der Waals surface area contributed by atoms with Crippen molar-refractivity contribution in [2.75, 3.05) is 0 Å². The molecule has 0 aliphatic rings. The Morgan fingerprint density at radius 3 is 2.37 bits per heavy atom. The number of H-pyrrole nitrogens is 2. The zero-order valence-electron chi connectivity index (χ0n) is 12.3. The average molecular weight is 266 g/mol. The van der Waals surface area contributed by atoms with Gasteiger partial charge >= 0.3 is 5.69 Å². The van der Waals surface area contributed by atoms with Crippen molar-refractivity contribution in [3.63, 3.8) is 0 Å². The highest BCUT2D eigenvalue weighted by atomic mass is 16.2. The number of hydrogen-bond acceptors (Lipinski definition) is 2. The second kappa shape index (κ2) is 7.31. The average Bonchev–Trinajstić information content (AvgIpc) is 2.35. The van der Waals surface area contributed by atoms with Gasteiger partial charge in [0.2, 0.25) is 0 Å². The van der Waals surface area contributed by atoms with E-state index in [0.29, 0.717) is 5.56 Å². The van der Waals surface area contributed by atoms with Gasteiger partial charge in [0.1, 0.15) is 0 Å². The standard InChI is InChI=1S/C15H26N2O2/c1-4-6-7-8-10-15(3,9-5-2)12-11-16-14(19)17-13(12)18/h11H,4-10H2,1-3H3,(H2,16,17,18,19). The Kier molecular flexibility index (Phi) is 6.06. The Hall–Kier alpha value is -1.32. The first-order valence-electron chi connectivity index (χ1n) is 7.36. The van der Waals surface area contributed by atoms with Gasteiger partial charge in [0.15, 0.2) is 0 Å². The van der Waals surface area contributed by atoms with Crippen LogP contribution in [0.4, 0.5) is 0 Å². The summed E-state index contributed by atoms with van der Waals surface area (Å²) < 4.78 is 0. The molecule has 4 heteroatoms. The predicted octanol–water partition coefficient (Wildman–Crippen LogP) is 3.09. The summed E-state index contributed by atoms with van der Waals surface area (Å²) in [6.45, 7) is 6.45. The van der Waals surface area contributed by atoms with Crippen molar-refractivity contribution in [2.45, 2.75) is 71.1 Å². The molecule has 0 radical (unpaired) electrons. The van der Waals surface area contributed by atoms with Gasteiger partial charge in [-0.15, -0.1) is 0 Å². The zero-order valence-corrected chi connectivity index (χ0v) is 12.3. The van der Waals surface area contributed by atoms with Gasteiger partial charge in [-0.25, -0.2) is 4.79 Å². The molecule has 1 rings (SSSR count). The van der Waals surface area contributed by atoms with Crippen LogP contribution in [-0.2, 0) is 5.41 Å². The molecule has 0 spiro atoms. The van der Waals surface area contributed by atoms with Crippen LogP contribution >= 0.6 is 0 Å². The molecule has 0 aliphatic heterocycles. The van der Waals surface area contributed by atoms with Crippen molar-refractivity contribution in [3.8, 4) is 0 Å². The lowest BCUT2D eigenvalue weighted by Gasteiger charge is -2.28. The van der Waals surface area contributed by atoms with Crippen LogP contribution in [0.25, 0.3) is 0 Å². The van der Waals surface area contributed by atoms with Gasteiger partial charge in [0.05, 0.1) is 0 Å². The summed E-state index contributed by atoms with van der Waals surface area (Å²) in [6, 6.07) is 0. The lowest BCUT2D eigenvalue weighted by molar-refractivity contribution is 0.372. The molecule has 0 aliphatic carbocycles. The Labute approximate surface area is 114 Å². The van der Waals surface area contributed by atoms with E-state index < -0.39 is 5.69 Å². The van der Waals surface area contributed by atoms with Crippen molar-refractivity contribution in [1.82, 2.24) is 9.97 Å². The van der Waals surface area contributed by atoms with E-state index in [1.807, 2.05) is 0 Å². The van der Waals surface area contributed by atoms with Crippen molar-refractivity contribution < 1.29 is 0 Å². The first kappa shape index (κ1) is 15.7. The predicted molar refractivity (Wildman–Crippen MR) is 78.7 cm³/mol. The van der Waals surface area contributed by atoms with E-state index in [4.69, 9.17) is 0 Å². The summed E-state index contributed by atoms with van der Waals surface area (Å²) >= 11 is 0. The highest BCUT2D eigenvalue weighted by Gasteiger charge is 2.28. The maximum absolute atomic E-state index is 12.0. The van der Waals surface area contributed by atoms with E-state index in [1.54, 1.807) is 6.20 Å². The minimum atomic E-state index is -0.432. The Bertz CT molecular complexity index is 489. The lowest BCUT2D eigenvalue weighted by atomic mass is 9.75. The van der Waals surface area contributed by atoms with E-state index in [0.717, 1.165) is 25.7 Å². The number of nitrogens with one attached hydrogen (secondary N) is 2. The molecule has 1 unspecified atom stereocenters. The summed E-state index contributed by atoms with van der Waals surface area (Å²) in [6.07, 6.45) is 9.37. The summed E-state index contributed by atoms with van der Waals surface area (Å²) in [5.74, 6) is 0. The Morgan fingerprint density at radius 2 is 1.79 bits per heavy atom. The number of unbranched alkanes of at least 4 members (excludes halogenated alkanes) is 3. The second-order valence-electron chi connectivity index (χ2n) is 5.61. The van der Waals surface area contributed by atoms with E-state index in [1.165, 1.54) is 19.3 Å². The highest BCUT2D eigenvalue weighted by Crippen LogP contribution is 2.32.